The van der Waals surface area contributed by atoms with E-state index in [1.807, 2.05) is 22.6 Å². The molecule has 1 N–H and O–H groups in total. The van der Waals surface area contributed by atoms with Gasteiger partial charge in [0.25, 0.3) is 0 Å². The molecule has 5 rings (SSSR count). The van der Waals surface area contributed by atoms with Gasteiger partial charge in [-0.2, -0.15) is 10.2 Å². The summed E-state index contributed by atoms with van der Waals surface area (Å²) in [6.45, 7) is 3.81. The standard InChI is InChI=1S/C18H25N7O/c1-23-9-13(8-20-23)10-24-6-4-18(11-24)5-7-25-16(19-12-21-25)15(18)22-17(26)14-2-3-14/h8-9,12,14-15H,2-7,10-11H2,1H3,(H,22,26)/t15-,18-/m0/s1. The first-order valence-corrected chi connectivity index (χ1v) is 9.51. The van der Waals surface area contributed by atoms with E-state index in [1.165, 1.54) is 5.56 Å². The highest BCUT2D eigenvalue weighted by molar-refractivity contribution is 5.81. The van der Waals surface area contributed by atoms with Crippen LogP contribution >= 0.6 is 0 Å². The van der Waals surface area contributed by atoms with Crippen molar-refractivity contribution in [2.75, 3.05) is 13.1 Å². The second kappa shape index (κ2) is 5.90. The summed E-state index contributed by atoms with van der Waals surface area (Å²) in [7, 11) is 1.95. The molecule has 2 aliphatic heterocycles. The van der Waals surface area contributed by atoms with Gasteiger partial charge in [-0.25, -0.2) is 9.67 Å². The monoisotopic (exact) mass is 355 g/mol. The Hall–Kier alpha value is -2.22. The van der Waals surface area contributed by atoms with Gasteiger partial charge in [0.1, 0.15) is 12.2 Å². The lowest BCUT2D eigenvalue weighted by Gasteiger charge is -2.41. The molecule has 3 aliphatic rings. The van der Waals surface area contributed by atoms with Crippen LogP contribution in [-0.4, -0.2) is 48.4 Å². The van der Waals surface area contributed by atoms with Gasteiger partial charge in [-0.3, -0.25) is 14.4 Å². The summed E-state index contributed by atoms with van der Waals surface area (Å²) in [5.74, 6) is 1.32. The SMILES string of the molecule is Cn1cc(CN2CC[C@]3(CCn4ncnc4[C@@H]3NC(=O)C3CC3)C2)cn1. The Morgan fingerprint density at radius 1 is 1.31 bits per heavy atom. The van der Waals surface area contributed by atoms with Gasteiger partial charge in [-0.1, -0.05) is 0 Å². The van der Waals surface area contributed by atoms with E-state index in [9.17, 15) is 4.79 Å². The Morgan fingerprint density at radius 3 is 2.92 bits per heavy atom. The molecule has 4 heterocycles. The fraction of sp³-hybridized carbons (Fsp3) is 0.667. The second-order valence-corrected chi connectivity index (χ2v) is 8.15. The molecule has 0 aromatic carbocycles. The summed E-state index contributed by atoms with van der Waals surface area (Å²) in [6, 6.07) is -0.0363. The molecule has 0 unspecified atom stereocenters. The van der Waals surface area contributed by atoms with Gasteiger partial charge in [0.15, 0.2) is 0 Å². The maximum atomic E-state index is 12.5. The van der Waals surface area contributed by atoms with Crippen LogP contribution in [0, 0.1) is 11.3 Å². The maximum Gasteiger partial charge on any atom is 0.223 e. The van der Waals surface area contributed by atoms with Crippen molar-refractivity contribution in [1.29, 1.82) is 0 Å². The lowest BCUT2D eigenvalue weighted by molar-refractivity contribution is -0.124. The third-order valence-electron chi connectivity index (χ3n) is 6.20. The van der Waals surface area contributed by atoms with Gasteiger partial charge >= 0.3 is 0 Å². The summed E-state index contributed by atoms with van der Waals surface area (Å²) >= 11 is 0. The molecule has 1 spiro atoms. The summed E-state index contributed by atoms with van der Waals surface area (Å²) in [5.41, 5.74) is 1.29. The van der Waals surface area contributed by atoms with Gasteiger partial charge in [-0.05, 0) is 32.2 Å². The highest BCUT2D eigenvalue weighted by atomic mass is 16.2. The molecule has 2 fully saturated rings. The minimum Gasteiger partial charge on any atom is -0.345 e. The number of likely N-dealkylation sites (tertiary alicyclic amines) is 1. The predicted molar refractivity (Wildman–Crippen MR) is 93.8 cm³/mol. The minimum absolute atomic E-state index is 0.0363. The van der Waals surface area contributed by atoms with E-state index in [1.54, 1.807) is 6.33 Å². The third kappa shape index (κ3) is 2.72. The molecule has 2 atom stereocenters. The number of hydrogen-bond donors (Lipinski definition) is 1. The fourth-order valence-corrected chi connectivity index (χ4v) is 4.61. The molecule has 0 radical (unpaired) electrons. The Kier molecular flexibility index (Phi) is 3.63. The van der Waals surface area contributed by atoms with Crippen molar-refractivity contribution in [3.8, 4) is 0 Å². The number of nitrogens with one attached hydrogen (secondary N) is 1. The van der Waals surface area contributed by atoms with Crippen LogP contribution in [0.2, 0.25) is 0 Å². The average Bonchev–Trinajstić information content (AvgIpc) is 3.03. The van der Waals surface area contributed by atoms with Gasteiger partial charge in [0, 0.05) is 49.8 Å². The largest absolute Gasteiger partial charge is 0.345 e. The lowest BCUT2D eigenvalue weighted by Crippen LogP contribution is -2.47. The number of carbonyl (C=O) groups is 1. The van der Waals surface area contributed by atoms with Crippen LogP contribution in [0.4, 0.5) is 0 Å². The van der Waals surface area contributed by atoms with E-state index in [0.29, 0.717) is 0 Å². The Labute approximate surface area is 152 Å². The number of aromatic nitrogens is 5. The maximum absolute atomic E-state index is 12.5. The number of nitrogens with zero attached hydrogens (tertiary/aromatic N) is 6. The van der Waals surface area contributed by atoms with Crippen LogP contribution in [0.3, 0.4) is 0 Å². The molecular formula is C18H25N7O. The fourth-order valence-electron chi connectivity index (χ4n) is 4.61. The molecule has 26 heavy (non-hydrogen) atoms. The zero-order chi connectivity index (χ0) is 17.7. The van der Waals surface area contributed by atoms with Crippen LogP contribution in [-0.2, 0) is 24.9 Å². The Morgan fingerprint density at radius 2 is 2.15 bits per heavy atom. The highest BCUT2D eigenvalue weighted by Crippen LogP contribution is 2.48. The van der Waals surface area contributed by atoms with Crippen molar-refractivity contribution in [2.24, 2.45) is 18.4 Å². The van der Waals surface area contributed by atoms with Crippen LogP contribution in [0.25, 0.3) is 0 Å². The smallest absolute Gasteiger partial charge is 0.223 e. The van der Waals surface area contributed by atoms with E-state index in [2.05, 4.69) is 31.6 Å². The highest BCUT2D eigenvalue weighted by Gasteiger charge is 2.50. The lowest BCUT2D eigenvalue weighted by atomic mass is 9.74. The first kappa shape index (κ1) is 16.0. The van der Waals surface area contributed by atoms with E-state index in [4.69, 9.17) is 0 Å². The molecule has 8 nitrogen and oxygen atoms in total. The molecule has 2 aromatic heterocycles. The zero-order valence-corrected chi connectivity index (χ0v) is 15.1. The number of hydrogen-bond acceptors (Lipinski definition) is 5. The van der Waals surface area contributed by atoms with E-state index in [0.717, 1.165) is 57.7 Å². The first-order chi connectivity index (χ1) is 12.6. The third-order valence-corrected chi connectivity index (χ3v) is 6.20. The Balaban J connectivity index is 1.38. The quantitative estimate of drug-likeness (QED) is 0.880. The summed E-state index contributed by atoms with van der Waals surface area (Å²) < 4.78 is 3.82. The van der Waals surface area contributed by atoms with Crippen LogP contribution in [0.5, 0.6) is 0 Å². The van der Waals surface area contributed by atoms with Crippen LogP contribution < -0.4 is 5.32 Å². The van der Waals surface area contributed by atoms with Crippen molar-refractivity contribution in [3.05, 3.63) is 30.1 Å². The molecule has 138 valence electrons. The number of amides is 1. The molecule has 8 heteroatoms. The predicted octanol–water partition coefficient (Wildman–Crippen LogP) is 0.875. The summed E-state index contributed by atoms with van der Waals surface area (Å²) in [6.07, 6.45) is 9.78. The summed E-state index contributed by atoms with van der Waals surface area (Å²) in [4.78, 5) is 19.5. The number of carbonyl (C=O) groups excluding carboxylic acids is 1. The second-order valence-electron chi connectivity index (χ2n) is 8.15. The number of fused-ring (bicyclic) bond motifs is 1. The van der Waals surface area contributed by atoms with E-state index < -0.39 is 0 Å². The van der Waals surface area contributed by atoms with Crippen LogP contribution in [0.15, 0.2) is 18.7 Å². The number of rotatable bonds is 4. The van der Waals surface area contributed by atoms with Crippen molar-refractivity contribution in [3.63, 3.8) is 0 Å². The molecule has 1 saturated carbocycles. The minimum atomic E-state index is -0.0363. The molecule has 1 amide bonds. The average molecular weight is 355 g/mol. The normalized spacial score (nSPS) is 28.4. The van der Waals surface area contributed by atoms with E-state index >= 15 is 0 Å². The molecular weight excluding hydrogens is 330 g/mol. The first-order valence-electron chi connectivity index (χ1n) is 9.51. The van der Waals surface area contributed by atoms with Gasteiger partial charge in [-0.15, -0.1) is 0 Å². The van der Waals surface area contributed by atoms with Gasteiger partial charge < -0.3 is 5.32 Å². The number of aryl methyl sites for hydroxylation is 2. The topological polar surface area (TPSA) is 80.9 Å². The van der Waals surface area contributed by atoms with Gasteiger partial charge in [0.05, 0.1) is 12.2 Å². The van der Waals surface area contributed by atoms with E-state index in [-0.39, 0.29) is 23.3 Å². The summed E-state index contributed by atoms with van der Waals surface area (Å²) in [5, 5.41) is 12.0. The zero-order valence-electron chi connectivity index (χ0n) is 15.1. The van der Waals surface area contributed by atoms with Gasteiger partial charge in [0.2, 0.25) is 5.91 Å². The molecule has 0 bridgehead atoms. The molecule has 1 saturated heterocycles. The molecule has 2 aromatic rings. The van der Waals surface area contributed by atoms with Crippen molar-refractivity contribution < 1.29 is 4.79 Å². The Bertz CT molecular complexity index is 823. The molecule has 1 aliphatic carbocycles. The van der Waals surface area contributed by atoms with Crippen molar-refractivity contribution in [1.82, 2.24) is 34.8 Å². The van der Waals surface area contributed by atoms with Crippen molar-refractivity contribution in [2.45, 2.75) is 44.8 Å². The van der Waals surface area contributed by atoms with Crippen LogP contribution in [0.1, 0.15) is 43.1 Å². The van der Waals surface area contributed by atoms with Crippen molar-refractivity contribution >= 4 is 5.91 Å².